The zero-order valence-electron chi connectivity index (χ0n) is 10.6. The number of anilines is 1. The van der Waals surface area contributed by atoms with Crippen molar-refractivity contribution >= 4 is 22.1 Å². The summed E-state index contributed by atoms with van der Waals surface area (Å²) >= 11 is 1.46. The highest BCUT2D eigenvalue weighted by Crippen LogP contribution is 2.31. The van der Waals surface area contributed by atoms with Crippen molar-refractivity contribution in [2.45, 2.75) is 13.8 Å². The number of nitrogens with two attached hydrogens (primary N) is 1. The molecule has 0 bridgehead atoms. The Labute approximate surface area is 110 Å². The summed E-state index contributed by atoms with van der Waals surface area (Å²) in [6.07, 6.45) is 0. The quantitative estimate of drug-likeness (QED) is 0.863. The Hall–Kier alpha value is -1.81. The third kappa shape index (κ3) is 2.11. The molecule has 0 saturated heterocycles. The van der Waals surface area contributed by atoms with Crippen LogP contribution in [0.1, 0.15) is 26.4 Å². The summed E-state index contributed by atoms with van der Waals surface area (Å²) in [5.41, 5.74) is 8.14. The Bertz CT molecular complexity index is 585. The Morgan fingerprint density at radius 1 is 1.22 bits per heavy atom. The van der Waals surface area contributed by atoms with E-state index in [2.05, 4.69) is 0 Å². The minimum Gasteiger partial charge on any atom is -0.497 e. The summed E-state index contributed by atoms with van der Waals surface area (Å²) < 4.78 is 5.07. The number of ether oxygens (including phenoxy) is 1. The van der Waals surface area contributed by atoms with Crippen molar-refractivity contribution in [2.24, 2.45) is 0 Å². The van der Waals surface area contributed by atoms with Crippen molar-refractivity contribution in [1.82, 2.24) is 0 Å². The Morgan fingerprint density at radius 3 is 2.28 bits per heavy atom. The predicted octanol–water partition coefficient (Wildman–Crippen LogP) is 3.19. The summed E-state index contributed by atoms with van der Waals surface area (Å²) in [5, 5.41) is 0.589. The van der Waals surface area contributed by atoms with Crippen molar-refractivity contribution in [3.63, 3.8) is 0 Å². The molecule has 2 rings (SSSR count). The molecule has 0 fully saturated rings. The van der Waals surface area contributed by atoms with Gasteiger partial charge in [0.05, 0.1) is 17.7 Å². The first-order valence-corrected chi connectivity index (χ1v) is 6.40. The van der Waals surface area contributed by atoms with Crippen LogP contribution >= 0.6 is 11.3 Å². The van der Waals surface area contributed by atoms with Gasteiger partial charge < -0.3 is 10.5 Å². The summed E-state index contributed by atoms with van der Waals surface area (Å²) in [4.78, 5) is 13.5. The number of thiophene rings is 1. The first kappa shape index (κ1) is 12.6. The molecule has 0 aliphatic rings. The van der Waals surface area contributed by atoms with Crippen molar-refractivity contribution in [3.8, 4) is 5.75 Å². The van der Waals surface area contributed by atoms with Gasteiger partial charge in [0.15, 0.2) is 5.78 Å². The lowest BCUT2D eigenvalue weighted by molar-refractivity contribution is 0.103. The summed E-state index contributed by atoms with van der Waals surface area (Å²) in [7, 11) is 1.60. The molecule has 2 aromatic rings. The molecule has 94 valence electrons. The number of benzene rings is 1. The molecule has 0 saturated carbocycles. The van der Waals surface area contributed by atoms with Gasteiger partial charge in [0.25, 0.3) is 0 Å². The second kappa shape index (κ2) is 4.82. The third-order valence-corrected chi connectivity index (χ3v) is 4.03. The van der Waals surface area contributed by atoms with E-state index in [9.17, 15) is 4.79 Å². The number of aryl methyl sites for hydroxylation is 1. The average molecular weight is 261 g/mol. The van der Waals surface area contributed by atoms with Crippen LogP contribution in [0, 0.1) is 13.8 Å². The van der Waals surface area contributed by atoms with Gasteiger partial charge in [-0.2, -0.15) is 0 Å². The monoisotopic (exact) mass is 261 g/mol. The van der Waals surface area contributed by atoms with Crippen LogP contribution in [0.2, 0.25) is 0 Å². The van der Waals surface area contributed by atoms with Gasteiger partial charge in [0.2, 0.25) is 0 Å². The zero-order valence-corrected chi connectivity index (χ0v) is 11.4. The second-order valence-electron chi connectivity index (χ2n) is 4.08. The smallest absolute Gasteiger partial charge is 0.196 e. The van der Waals surface area contributed by atoms with Gasteiger partial charge in [-0.25, -0.2) is 0 Å². The van der Waals surface area contributed by atoms with E-state index in [1.54, 1.807) is 31.4 Å². The average Bonchev–Trinajstić information content (AvgIpc) is 2.63. The summed E-state index contributed by atoms with van der Waals surface area (Å²) in [6.45, 7) is 3.90. The number of hydrogen-bond acceptors (Lipinski definition) is 4. The normalized spacial score (nSPS) is 10.4. The SMILES string of the molecule is COc1ccc(C(=O)c2c(N)sc(C)c2C)cc1. The standard InChI is InChI=1S/C14H15NO2S/c1-8-9(2)18-14(15)12(8)13(16)10-4-6-11(17-3)7-5-10/h4-7H,15H2,1-3H3. The van der Waals surface area contributed by atoms with E-state index in [4.69, 9.17) is 10.5 Å². The molecule has 0 spiro atoms. The van der Waals surface area contributed by atoms with Crippen LogP contribution in [0.25, 0.3) is 0 Å². The maximum Gasteiger partial charge on any atom is 0.196 e. The molecule has 1 aromatic carbocycles. The van der Waals surface area contributed by atoms with E-state index in [-0.39, 0.29) is 5.78 Å². The molecule has 1 heterocycles. The molecular weight excluding hydrogens is 246 g/mol. The van der Waals surface area contributed by atoms with Crippen LogP contribution in [-0.4, -0.2) is 12.9 Å². The molecule has 0 aliphatic carbocycles. The van der Waals surface area contributed by atoms with Crippen molar-refractivity contribution in [3.05, 3.63) is 45.8 Å². The Kier molecular flexibility index (Phi) is 3.39. The fourth-order valence-corrected chi connectivity index (χ4v) is 2.76. The van der Waals surface area contributed by atoms with E-state index in [1.165, 1.54) is 11.3 Å². The molecule has 0 amide bonds. The van der Waals surface area contributed by atoms with E-state index in [1.807, 2.05) is 13.8 Å². The van der Waals surface area contributed by atoms with Crippen LogP contribution in [-0.2, 0) is 0 Å². The first-order valence-electron chi connectivity index (χ1n) is 5.58. The van der Waals surface area contributed by atoms with Crippen LogP contribution in [0.4, 0.5) is 5.00 Å². The summed E-state index contributed by atoms with van der Waals surface area (Å²) in [5.74, 6) is 0.703. The molecular formula is C14H15NO2S. The van der Waals surface area contributed by atoms with E-state index >= 15 is 0 Å². The molecule has 0 radical (unpaired) electrons. The molecule has 1 aromatic heterocycles. The van der Waals surface area contributed by atoms with E-state index in [0.717, 1.165) is 16.2 Å². The molecule has 4 heteroatoms. The topological polar surface area (TPSA) is 52.3 Å². The highest BCUT2D eigenvalue weighted by atomic mass is 32.1. The number of carbonyl (C=O) groups is 1. The summed E-state index contributed by atoms with van der Waals surface area (Å²) in [6, 6.07) is 7.07. The lowest BCUT2D eigenvalue weighted by Crippen LogP contribution is -2.04. The van der Waals surface area contributed by atoms with Gasteiger partial charge in [0, 0.05) is 10.4 Å². The van der Waals surface area contributed by atoms with Gasteiger partial charge in [0.1, 0.15) is 5.75 Å². The molecule has 3 nitrogen and oxygen atoms in total. The first-order chi connectivity index (χ1) is 8.54. The fourth-order valence-electron chi connectivity index (χ4n) is 1.82. The number of carbonyl (C=O) groups excluding carboxylic acids is 1. The number of rotatable bonds is 3. The van der Waals surface area contributed by atoms with Crippen molar-refractivity contribution in [2.75, 3.05) is 12.8 Å². The van der Waals surface area contributed by atoms with Gasteiger partial charge in [-0.05, 0) is 43.7 Å². The number of methoxy groups -OCH3 is 1. The van der Waals surface area contributed by atoms with Crippen LogP contribution in [0.5, 0.6) is 5.75 Å². The van der Waals surface area contributed by atoms with Crippen LogP contribution in [0.3, 0.4) is 0 Å². The molecule has 18 heavy (non-hydrogen) atoms. The minimum atomic E-state index is -0.0306. The maximum atomic E-state index is 12.4. The predicted molar refractivity (Wildman–Crippen MR) is 74.6 cm³/mol. The van der Waals surface area contributed by atoms with Gasteiger partial charge >= 0.3 is 0 Å². The number of hydrogen-bond donors (Lipinski definition) is 1. The fraction of sp³-hybridized carbons (Fsp3) is 0.214. The lowest BCUT2D eigenvalue weighted by Gasteiger charge is -2.04. The van der Waals surface area contributed by atoms with Crippen LogP contribution in [0.15, 0.2) is 24.3 Å². The van der Waals surface area contributed by atoms with Gasteiger partial charge in [-0.15, -0.1) is 11.3 Å². The Morgan fingerprint density at radius 2 is 1.83 bits per heavy atom. The largest absolute Gasteiger partial charge is 0.497 e. The third-order valence-electron chi connectivity index (χ3n) is 2.99. The molecule has 0 unspecified atom stereocenters. The Balaban J connectivity index is 2.41. The van der Waals surface area contributed by atoms with Crippen LogP contribution < -0.4 is 10.5 Å². The zero-order chi connectivity index (χ0) is 13.3. The molecule has 0 atom stereocenters. The van der Waals surface area contributed by atoms with Gasteiger partial charge in [-0.3, -0.25) is 4.79 Å². The van der Waals surface area contributed by atoms with Crippen molar-refractivity contribution in [1.29, 1.82) is 0 Å². The van der Waals surface area contributed by atoms with Crippen molar-refractivity contribution < 1.29 is 9.53 Å². The second-order valence-corrected chi connectivity index (χ2v) is 5.34. The number of nitrogen functional groups attached to an aromatic ring is 1. The maximum absolute atomic E-state index is 12.4. The highest BCUT2D eigenvalue weighted by molar-refractivity contribution is 7.16. The van der Waals surface area contributed by atoms with Gasteiger partial charge in [-0.1, -0.05) is 0 Å². The number of ketones is 1. The minimum absolute atomic E-state index is 0.0306. The molecule has 0 aliphatic heterocycles. The highest BCUT2D eigenvalue weighted by Gasteiger charge is 2.18. The molecule has 2 N–H and O–H groups in total. The van der Waals surface area contributed by atoms with E-state index < -0.39 is 0 Å². The van der Waals surface area contributed by atoms with E-state index in [0.29, 0.717) is 16.1 Å². The lowest BCUT2D eigenvalue weighted by atomic mass is 10.0.